The summed E-state index contributed by atoms with van der Waals surface area (Å²) in [4.78, 5) is 37.4. The average molecular weight is 379 g/mol. The standard InChI is InChI=1S/C17H21N3O5S/c1-2-17(13-6-4-3-5-7-13)15(22)20(16(23)18-17)19-14(21)10-12-8-9-26(24,25)11-12/h3-7,12H,2,8-11H2,1H3,(H,18,23)(H,19,21)/t12-,17+/m0/s1. The fraction of sp³-hybridized carbons (Fsp3) is 0.471. The Bertz CT molecular complexity index is 839. The van der Waals surface area contributed by atoms with Crippen LogP contribution >= 0.6 is 0 Å². The number of nitrogens with one attached hydrogen (secondary N) is 2. The molecule has 2 N–H and O–H groups in total. The molecule has 0 bridgehead atoms. The Morgan fingerprint density at radius 1 is 1.31 bits per heavy atom. The Labute approximate surface area is 151 Å². The summed E-state index contributed by atoms with van der Waals surface area (Å²) in [7, 11) is -3.09. The summed E-state index contributed by atoms with van der Waals surface area (Å²) >= 11 is 0. The fourth-order valence-electron chi connectivity index (χ4n) is 3.50. The first kappa shape index (κ1) is 18.4. The molecule has 0 saturated carbocycles. The molecule has 2 fully saturated rings. The molecular weight excluding hydrogens is 358 g/mol. The van der Waals surface area contributed by atoms with E-state index < -0.39 is 33.2 Å². The van der Waals surface area contributed by atoms with E-state index in [-0.39, 0.29) is 23.8 Å². The van der Waals surface area contributed by atoms with Crippen LogP contribution in [0.15, 0.2) is 30.3 Å². The maximum atomic E-state index is 12.9. The van der Waals surface area contributed by atoms with Gasteiger partial charge in [-0.2, -0.15) is 5.01 Å². The van der Waals surface area contributed by atoms with Crippen molar-refractivity contribution in [2.75, 3.05) is 11.5 Å². The third-order valence-corrected chi connectivity index (χ3v) is 6.76. The first-order valence-corrected chi connectivity index (χ1v) is 10.3. The highest BCUT2D eigenvalue weighted by Crippen LogP contribution is 2.31. The van der Waals surface area contributed by atoms with Crippen LogP contribution in [0.2, 0.25) is 0 Å². The van der Waals surface area contributed by atoms with Crippen molar-refractivity contribution in [3.8, 4) is 0 Å². The molecule has 2 saturated heterocycles. The number of carbonyl (C=O) groups excluding carboxylic acids is 3. The monoisotopic (exact) mass is 379 g/mol. The molecule has 4 amide bonds. The molecule has 0 unspecified atom stereocenters. The number of sulfone groups is 1. The van der Waals surface area contributed by atoms with Gasteiger partial charge in [-0.15, -0.1) is 0 Å². The van der Waals surface area contributed by atoms with Crippen molar-refractivity contribution in [2.24, 2.45) is 5.92 Å². The lowest BCUT2D eigenvalue weighted by Gasteiger charge is -2.25. The molecule has 1 aromatic carbocycles. The van der Waals surface area contributed by atoms with Gasteiger partial charge in [-0.1, -0.05) is 37.3 Å². The Morgan fingerprint density at radius 3 is 2.58 bits per heavy atom. The van der Waals surface area contributed by atoms with Crippen LogP contribution in [-0.4, -0.2) is 42.8 Å². The lowest BCUT2D eigenvalue weighted by Crippen LogP contribution is -2.48. The highest BCUT2D eigenvalue weighted by Gasteiger charge is 2.52. The Balaban J connectivity index is 1.72. The van der Waals surface area contributed by atoms with Gasteiger partial charge in [0.15, 0.2) is 9.84 Å². The summed E-state index contributed by atoms with van der Waals surface area (Å²) in [6, 6.07) is 8.14. The van der Waals surface area contributed by atoms with Crippen molar-refractivity contribution in [3.05, 3.63) is 35.9 Å². The number of hydrazine groups is 1. The van der Waals surface area contributed by atoms with Crippen LogP contribution < -0.4 is 10.7 Å². The lowest BCUT2D eigenvalue weighted by atomic mass is 9.87. The second-order valence-electron chi connectivity index (χ2n) is 6.70. The van der Waals surface area contributed by atoms with Gasteiger partial charge in [0.25, 0.3) is 5.91 Å². The number of imide groups is 1. The SMILES string of the molecule is CC[C@]1(c2ccccc2)NC(=O)N(NC(=O)C[C@@H]2CCS(=O)(=O)C2)C1=O. The van der Waals surface area contributed by atoms with Crippen LogP contribution in [0, 0.1) is 5.92 Å². The van der Waals surface area contributed by atoms with Gasteiger partial charge >= 0.3 is 6.03 Å². The summed E-state index contributed by atoms with van der Waals surface area (Å²) in [6.45, 7) is 1.78. The van der Waals surface area contributed by atoms with E-state index >= 15 is 0 Å². The normalized spacial score (nSPS) is 27.4. The Morgan fingerprint density at radius 2 is 2.00 bits per heavy atom. The minimum absolute atomic E-state index is 0.0382. The second-order valence-corrected chi connectivity index (χ2v) is 8.93. The molecule has 8 nitrogen and oxygen atoms in total. The quantitative estimate of drug-likeness (QED) is 0.731. The second kappa shape index (κ2) is 6.71. The Kier molecular flexibility index (Phi) is 4.74. The summed E-state index contributed by atoms with van der Waals surface area (Å²) in [5.74, 6) is -1.35. The highest BCUT2D eigenvalue weighted by molar-refractivity contribution is 7.91. The summed E-state index contributed by atoms with van der Waals surface area (Å²) in [6.07, 6.45) is 0.703. The molecule has 0 aromatic heterocycles. The number of urea groups is 1. The number of rotatable bonds is 5. The number of hydrogen-bond donors (Lipinski definition) is 2. The van der Waals surface area contributed by atoms with Gasteiger partial charge in [0, 0.05) is 6.42 Å². The van der Waals surface area contributed by atoms with E-state index in [9.17, 15) is 22.8 Å². The number of carbonyl (C=O) groups is 3. The smallest absolute Gasteiger partial charge is 0.318 e. The number of hydrogen-bond acceptors (Lipinski definition) is 5. The molecule has 2 aliphatic rings. The predicted octanol–water partition coefficient (Wildman–Crippen LogP) is 0.700. The van der Waals surface area contributed by atoms with E-state index in [1.54, 1.807) is 31.2 Å². The van der Waals surface area contributed by atoms with Crippen LogP contribution in [0.1, 0.15) is 31.7 Å². The molecule has 0 aliphatic carbocycles. The molecule has 0 radical (unpaired) electrons. The van der Waals surface area contributed by atoms with Gasteiger partial charge in [0.1, 0.15) is 5.54 Å². The van der Waals surface area contributed by atoms with Gasteiger partial charge in [0.2, 0.25) is 5.91 Å². The van der Waals surface area contributed by atoms with E-state index in [4.69, 9.17) is 0 Å². The number of amides is 4. The molecule has 26 heavy (non-hydrogen) atoms. The van der Waals surface area contributed by atoms with Crippen LogP contribution in [-0.2, 0) is 25.0 Å². The first-order chi connectivity index (χ1) is 12.3. The predicted molar refractivity (Wildman–Crippen MR) is 93.3 cm³/mol. The van der Waals surface area contributed by atoms with Crippen molar-refractivity contribution >= 4 is 27.7 Å². The third kappa shape index (κ3) is 3.31. The highest BCUT2D eigenvalue weighted by atomic mass is 32.2. The van der Waals surface area contributed by atoms with Crippen LogP contribution in [0.25, 0.3) is 0 Å². The van der Waals surface area contributed by atoms with Crippen LogP contribution in [0.3, 0.4) is 0 Å². The van der Waals surface area contributed by atoms with E-state index in [2.05, 4.69) is 10.7 Å². The van der Waals surface area contributed by atoms with Gasteiger partial charge in [0.05, 0.1) is 11.5 Å². The Hall–Kier alpha value is -2.42. The molecule has 9 heteroatoms. The first-order valence-electron chi connectivity index (χ1n) is 8.49. The molecule has 1 aromatic rings. The molecule has 2 aliphatic heterocycles. The zero-order chi connectivity index (χ0) is 18.9. The van der Waals surface area contributed by atoms with Gasteiger partial charge in [-0.05, 0) is 24.3 Å². The fourth-order valence-corrected chi connectivity index (χ4v) is 5.37. The van der Waals surface area contributed by atoms with Gasteiger partial charge in [-0.25, -0.2) is 13.2 Å². The molecule has 140 valence electrons. The average Bonchev–Trinajstić information content (AvgIpc) is 3.07. The lowest BCUT2D eigenvalue weighted by molar-refractivity contribution is -0.139. The zero-order valence-electron chi connectivity index (χ0n) is 14.4. The largest absolute Gasteiger partial charge is 0.344 e. The zero-order valence-corrected chi connectivity index (χ0v) is 15.2. The number of nitrogens with zero attached hydrogens (tertiary/aromatic N) is 1. The van der Waals surface area contributed by atoms with Crippen LogP contribution in [0.4, 0.5) is 4.79 Å². The van der Waals surface area contributed by atoms with E-state index in [0.29, 0.717) is 23.4 Å². The summed E-state index contributed by atoms with van der Waals surface area (Å²) in [5.41, 5.74) is 1.75. The van der Waals surface area contributed by atoms with Gasteiger partial charge < -0.3 is 5.32 Å². The molecular formula is C17H21N3O5S. The number of benzene rings is 1. The molecule has 0 spiro atoms. The minimum Gasteiger partial charge on any atom is -0.318 e. The van der Waals surface area contributed by atoms with E-state index in [1.807, 2.05) is 6.07 Å². The van der Waals surface area contributed by atoms with Crippen molar-refractivity contribution in [1.82, 2.24) is 15.8 Å². The van der Waals surface area contributed by atoms with Crippen molar-refractivity contribution < 1.29 is 22.8 Å². The maximum Gasteiger partial charge on any atom is 0.344 e. The van der Waals surface area contributed by atoms with E-state index in [0.717, 1.165) is 0 Å². The van der Waals surface area contributed by atoms with Crippen LogP contribution in [0.5, 0.6) is 0 Å². The summed E-state index contributed by atoms with van der Waals surface area (Å²) in [5, 5.41) is 3.37. The molecule has 2 heterocycles. The summed E-state index contributed by atoms with van der Waals surface area (Å²) < 4.78 is 23.0. The van der Waals surface area contributed by atoms with Gasteiger partial charge in [-0.3, -0.25) is 15.0 Å². The third-order valence-electron chi connectivity index (χ3n) is 4.93. The van der Waals surface area contributed by atoms with Crippen molar-refractivity contribution in [1.29, 1.82) is 0 Å². The molecule has 2 atom stereocenters. The topological polar surface area (TPSA) is 113 Å². The minimum atomic E-state index is -3.09. The maximum absolute atomic E-state index is 12.9. The van der Waals surface area contributed by atoms with Crippen molar-refractivity contribution in [3.63, 3.8) is 0 Å². The van der Waals surface area contributed by atoms with E-state index in [1.165, 1.54) is 0 Å². The molecule has 3 rings (SSSR count). The van der Waals surface area contributed by atoms with Crippen molar-refractivity contribution in [2.45, 2.75) is 31.7 Å².